The van der Waals surface area contributed by atoms with Crippen LogP contribution in [0.1, 0.15) is 24.8 Å². The minimum atomic E-state index is -0.357. The van der Waals surface area contributed by atoms with Crippen LogP contribution in [0.2, 0.25) is 5.02 Å². The molecule has 0 saturated carbocycles. The lowest BCUT2D eigenvalue weighted by molar-refractivity contribution is -0.385. The molecule has 0 spiro atoms. The number of nitrogens with zero attached hydrogens (tertiary/aromatic N) is 2. The van der Waals surface area contributed by atoms with Gasteiger partial charge >= 0.3 is 0 Å². The van der Waals surface area contributed by atoms with E-state index in [1.165, 1.54) is 6.07 Å². The number of hydrogen-bond donors (Lipinski definition) is 1. The zero-order valence-electron chi connectivity index (χ0n) is 11.6. The number of nitro groups is 1. The first-order valence-corrected chi connectivity index (χ1v) is 7.29. The van der Waals surface area contributed by atoms with Crippen LogP contribution in [0, 0.1) is 10.1 Å². The fourth-order valence-electron chi connectivity index (χ4n) is 2.68. The summed E-state index contributed by atoms with van der Waals surface area (Å²) in [4.78, 5) is 13.0. The van der Waals surface area contributed by atoms with Crippen LogP contribution in [-0.2, 0) is 6.54 Å². The van der Waals surface area contributed by atoms with E-state index in [1.54, 1.807) is 12.1 Å². The first-order valence-electron chi connectivity index (χ1n) is 6.91. The molecule has 0 aromatic heterocycles. The highest BCUT2D eigenvalue weighted by Crippen LogP contribution is 2.25. The molecular formula is C14H20ClN3O2. The molecular weight excluding hydrogens is 278 g/mol. The second-order valence-corrected chi connectivity index (χ2v) is 5.72. The Labute approximate surface area is 124 Å². The van der Waals surface area contributed by atoms with Crippen LogP contribution in [0.4, 0.5) is 5.69 Å². The van der Waals surface area contributed by atoms with Crippen molar-refractivity contribution in [1.82, 2.24) is 10.2 Å². The van der Waals surface area contributed by atoms with Gasteiger partial charge in [0.05, 0.1) is 4.92 Å². The molecule has 0 amide bonds. The second-order valence-electron chi connectivity index (χ2n) is 5.28. The SMILES string of the molecule is CN(Cc1ccc(Cl)cc1[N+](=O)[O-])C1CCCNCC1. The quantitative estimate of drug-likeness (QED) is 0.686. The van der Waals surface area contributed by atoms with Crippen LogP contribution >= 0.6 is 11.6 Å². The molecule has 1 N–H and O–H groups in total. The van der Waals surface area contributed by atoms with Gasteiger partial charge < -0.3 is 5.32 Å². The number of nitrogens with one attached hydrogen (secondary N) is 1. The fourth-order valence-corrected chi connectivity index (χ4v) is 2.85. The largest absolute Gasteiger partial charge is 0.317 e. The first-order chi connectivity index (χ1) is 9.58. The molecule has 1 saturated heterocycles. The summed E-state index contributed by atoms with van der Waals surface area (Å²) in [5, 5.41) is 14.9. The molecule has 0 aliphatic carbocycles. The Morgan fingerprint density at radius 2 is 2.25 bits per heavy atom. The van der Waals surface area contributed by atoms with Crippen molar-refractivity contribution in [1.29, 1.82) is 0 Å². The molecule has 20 heavy (non-hydrogen) atoms. The second kappa shape index (κ2) is 7.02. The lowest BCUT2D eigenvalue weighted by Crippen LogP contribution is -2.32. The summed E-state index contributed by atoms with van der Waals surface area (Å²) in [6.07, 6.45) is 3.36. The van der Waals surface area contributed by atoms with Crippen molar-refractivity contribution in [2.24, 2.45) is 0 Å². The van der Waals surface area contributed by atoms with Gasteiger partial charge in [-0.15, -0.1) is 0 Å². The van der Waals surface area contributed by atoms with E-state index in [4.69, 9.17) is 11.6 Å². The van der Waals surface area contributed by atoms with Crippen molar-refractivity contribution in [3.63, 3.8) is 0 Å². The highest BCUT2D eigenvalue weighted by Gasteiger charge is 2.21. The number of rotatable bonds is 4. The summed E-state index contributed by atoms with van der Waals surface area (Å²) in [5.74, 6) is 0. The normalized spacial score (nSPS) is 19.9. The molecule has 1 aromatic carbocycles. The van der Waals surface area contributed by atoms with Gasteiger partial charge in [0, 0.05) is 29.2 Å². The van der Waals surface area contributed by atoms with E-state index in [0.717, 1.165) is 37.9 Å². The topological polar surface area (TPSA) is 58.4 Å². The van der Waals surface area contributed by atoms with E-state index in [-0.39, 0.29) is 10.6 Å². The van der Waals surface area contributed by atoms with Gasteiger partial charge in [0.25, 0.3) is 5.69 Å². The van der Waals surface area contributed by atoms with Crippen molar-refractivity contribution in [2.75, 3.05) is 20.1 Å². The summed E-state index contributed by atoms with van der Waals surface area (Å²) in [7, 11) is 2.04. The predicted octanol–water partition coefficient (Wildman–Crippen LogP) is 2.82. The molecule has 1 atom stereocenters. The maximum absolute atomic E-state index is 11.1. The minimum Gasteiger partial charge on any atom is -0.317 e. The van der Waals surface area contributed by atoms with E-state index < -0.39 is 0 Å². The van der Waals surface area contributed by atoms with Gasteiger partial charge in [-0.25, -0.2) is 0 Å². The number of nitro benzene ring substituents is 1. The summed E-state index contributed by atoms with van der Waals surface area (Å²) in [6.45, 7) is 2.65. The van der Waals surface area contributed by atoms with E-state index in [2.05, 4.69) is 10.2 Å². The average Bonchev–Trinajstić information content (AvgIpc) is 2.69. The molecule has 1 aliphatic rings. The zero-order valence-corrected chi connectivity index (χ0v) is 12.4. The molecule has 2 rings (SSSR count). The van der Waals surface area contributed by atoms with Crippen LogP contribution in [0.5, 0.6) is 0 Å². The predicted molar refractivity (Wildman–Crippen MR) is 80.1 cm³/mol. The average molecular weight is 298 g/mol. The summed E-state index contributed by atoms with van der Waals surface area (Å²) < 4.78 is 0. The molecule has 1 heterocycles. The van der Waals surface area contributed by atoms with E-state index >= 15 is 0 Å². The molecule has 1 fully saturated rings. The smallest absolute Gasteiger partial charge is 0.275 e. The van der Waals surface area contributed by atoms with Crippen molar-refractivity contribution in [2.45, 2.75) is 31.8 Å². The van der Waals surface area contributed by atoms with E-state index in [9.17, 15) is 10.1 Å². The minimum absolute atomic E-state index is 0.107. The third kappa shape index (κ3) is 3.91. The first kappa shape index (κ1) is 15.2. The standard InChI is InChI=1S/C14H20ClN3O2/c1-17(13-3-2-7-16-8-6-13)10-11-4-5-12(15)9-14(11)18(19)20/h4-5,9,13,16H,2-3,6-8,10H2,1H3. The Kier molecular flexibility index (Phi) is 5.34. The van der Waals surface area contributed by atoms with Gasteiger partial charge in [-0.2, -0.15) is 0 Å². The molecule has 0 bridgehead atoms. The van der Waals surface area contributed by atoms with Crippen molar-refractivity contribution < 1.29 is 4.92 Å². The summed E-state index contributed by atoms with van der Waals surface area (Å²) in [6, 6.07) is 5.37. The highest BCUT2D eigenvalue weighted by atomic mass is 35.5. The Morgan fingerprint density at radius 3 is 3.00 bits per heavy atom. The summed E-state index contributed by atoms with van der Waals surface area (Å²) in [5.41, 5.74) is 0.829. The maximum Gasteiger partial charge on any atom is 0.275 e. The Balaban J connectivity index is 2.10. The van der Waals surface area contributed by atoms with Crippen molar-refractivity contribution >= 4 is 17.3 Å². The van der Waals surface area contributed by atoms with E-state index in [1.807, 2.05) is 7.05 Å². The van der Waals surface area contributed by atoms with Crippen LogP contribution < -0.4 is 5.32 Å². The van der Waals surface area contributed by atoms with Crippen LogP contribution in [0.3, 0.4) is 0 Å². The third-order valence-electron chi connectivity index (χ3n) is 3.83. The Morgan fingerprint density at radius 1 is 1.45 bits per heavy atom. The lowest BCUT2D eigenvalue weighted by Gasteiger charge is -2.26. The Hall–Kier alpha value is -1.17. The molecule has 0 radical (unpaired) electrons. The molecule has 1 aliphatic heterocycles. The Bertz CT molecular complexity index is 473. The maximum atomic E-state index is 11.1. The van der Waals surface area contributed by atoms with Crippen LogP contribution in [0.15, 0.2) is 18.2 Å². The molecule has 6 heteroatoms. The number of hydrogen-bond acceptors (Lipinski definition) is 4. The van der Waals surface area contributed by atoms with E-state index in [0.29, 0.717) is 17.6 Å². The molecule has 1 unspecified atom stereocenters. The molecule has 5 nitrogen and oxygen atoms in total. The van der Waals surface area contributed by atoms with Gasteiger partial charge in [0.1, 0.15) is 0 Å². The highest BCUT2D eigenvalue weighted by molar-refractivity contribution is 6.30. The number of halogens is 1. The van der Waals surface area contributed by atoms with Crippen molar-refractivity contribution in [3.8, 4) is 0 Å². The van der Waals surface area contributed by atoms with Crippen molar-refractivity contribution in [3.05, 3.63) is 38.9 Å². The van der Waals surface area contributed by atoms with Crippen LogP contribution in [-0.4, -0.2) is 36.0 Å². The summed E-state index contributed by atoms with van der Waals surface area (Å²) >= 11 is 5.84. The van der Waals surface area contributed by atoms with Gasteiger partial charge in [0.2, 0.25) is 0 Å². The molecule has 1 aromatic rings. The third-order valence-corrected chi connectivity index (χ3v) is 4.07. The van der Waals surface area contributed by atoms with Gasteiger partial charge in [0.15, 0.2) is 0 Å². The number of benzene rings is 1. The zero-order chi connectivity index (χ0) is 14.5. The molecule has 110 valence electrons. The van der Waals surface area contributed by atoms with Gasteiger partial charge in [-0.1, -0.05) is 11.6 Å². The fraction of sp³-hybridized carbons (Fsp3) is 0.571. The lowest BCUT2D eigenvalue weighted by atomic mass is 10.1. The monoisotopic (exact) mass is 297 g/mol. The van der Waals surface area contributed by atoms with Crippen LogP contribution in [0.25, 0.3) is 0 Å². The van der Waals surface area contributed by atoms with Gasteiger partial charge in [-0.3, -0.25) is 15.0 Å². The van der Waals surface area contributed by atoms with Gasteiger partial charge in [-0.05, 0) is 51.5 Å².